The second kappa shape index (κ2) is 8.25. The van der Waals surface area contributed by atoms with Crippen molar-refractivity contribution in [3.63, 3.8) is 0 Å². The highest BCUT2D eigenvalue weighted by molar-refractivity contribution is 5.72. The smallest absolute Gasteiger partial charge is 0.410 e. The molecule has 0 N–H and O–H groups in total. The van der Waals surface area contributed by atoms with Crippen LogP contribution in [0.25, 0.3) is 5.57 Å². The Morgan fingerprint density at radius 1 is 1.19 bits per heavy atom. The number of amides is 1. The lowest BCUT2D eigenvalue weighted by molar-refractivity contribution is 0.0270. The maximum absolute atomic E-state index is 12.2. The number of hydrogen-bond acceptors (Lipinski definition) is 4. The Kier molecular flexibility index (Phi) is 5.79. The molecule has 0 aliphatic carbocycles. The number of rotatable bonds is 4. The van der Waals surface area contributed by atoms with E-state index in [9.17, 15) is 4.79 Å². The first-order valence-electron chi connectivity index (χ1n) is 9.20. The zero-order chi connectivity index (χ0) is 19.3. The molecule has 5 nitrogen and oxygen atoms in total. The van der Waals surface area contributed by atoms with E-state index in [-0.39, 0.29) is 6.09 Å². The largest absolute Gasteiger partial charge is 0.487 e. The van der Waals surface area contributed by atoms with E-state index < -0.39 is 5.60 Å². The van der Waals surface area contributed by atoms with E-state index in [4.69, 9.17) is 9.47 Å². The molecular formula is C22H26N2O3. The standard InChI is InChI=1S/C22H26N2O3/c1-22(2,3)27-21(25)24-11-9-18(10-12-24)19-13-20(15-23-14-19)26-16-17-7-5-4-6-8-17/h4-9,13-15H,10-12,16H2,1-3H3. The Hall–Kier alpha value is -2.82. The maximum Gasteiger partial charge on any atom is 0.410 e. The highest BCUT2D eigenvalue weighted by atomic mass is 16.6. The van der Waals surface area contributed by atoms with Gasteiger partial charge in [0.2, 0.25) is 0 Å². The van der Waals surface area contributed by atoms with Gasteiger partial charge >= 0.3 is 6.09 Å². The molecule has 2 heterocycles. The van der Waals surface area contributed by atoms with Gasteiger partial charge in [0.05, 0.1) is 6.20 Å². The van der Waals surface area contributed by atoms with Gasteiger partial charge in [-0.1, -0.05) is 36.4 Å². The Morgan fingerprint density at radius 3 is 2.63 bits per heavy atom. The van der Waals surface area contributed by atoms with Crippen molar-refractivity contribution < 1.29 is 14.3 Å². The van der Waals surface area contributed by atoms with Crippen molar-refractivity contribution >= 4 is 11.7 Å². The molecule has 1 aromatic heterocycles. The SMILES string of the molecule is CC(C)(C)OC(=O)N1CC=C(c2cncc(OCc3ccccc3)c2)CC1. The van der Waals surface area contributed by atoms with Gasteiger partial charge in [-0.2, -0.15) is 0 Å². The number of aromatic nitrogens is 1. The highest BCUT2D eigenvalue weighted by Crippen LogP contribution is 2.25. The zero-order valence-corrected chi connectivity index (χ0v) is 16.1. The molecule has 5 heteroatoms. The van der Waals surface area contributed by atoms with Gasteiger partial charge in [-0.15, -0.1) is 0 Å². The number of hydrogen-bond donors (Lipinski definition) is 0. The molecule has 1 aromatic carbocycles. The summed E-state index contributed by atoms with van der Waals surface area (Å²) in [4.78, 5) is 18.2. The molecule has 0 fully saturated rings. The molecule has 142 valence electrons. The molecule has 0 radical (unpaired) electrons. The van der Waals surface area contributed by atoms with E-state index in [1.165, 1.54) is 5.57 Å². The van der Waals surface area contributed by atoms with Gasteiger partial charge in [0.15, 0.2) is 0 Å². The molecular weight excluding hydrogens is 340 g/mol. The second-order valence-corrected chi connectivity index (χ2v) is 7.59. The molecule has 1 amide bonds. The van der Waals surface area contributed by atoms with Crippen molar-refractivity contribution in [2.24, 2.45) is 0 Å². The molecule has 0 saturated heterocycles. The summed E-state index contributed by atoms with van der Waals surface area (Å²) >= 11 is 0. The summed E-state index contributed by atoms with van der Waals surface area (Å²) in [5, 5.41) is 0. The highest BCUT2D eigenvalue weighted by Gasteiger charge is 2.24. The van der Waals surface area contributed by atoms with Crippen molar-refractivity contribution in [3.05, 3.63) is 66.0 Å². The predicted octanol–water partition coefficient (Wildman–Crippen LogP) is 4.68. The van der Waals surface area contributed by atoms with Gasteiger partial charge in [0.1, 0.15) is 18.0 Å². The fourth-order valence-electron chi connectivity index (χ4n) is 2.84. The van der Waals surface area contributed by atoms with Gasteiger partial charge in [-0.05, 0) is 50.0 Å². The van der Waals surface area contributed by atoms with Crippen LogP contribution in [0.15, 0.2) is 54.9 Å². The number of benzene rings is 1. The average molecular weight is 366 g/mol. The molecule has 2 aromatic rings. The summed E-state index contributed by atoms with van der Waals surface area (Å²) < 4.78 is 11.3. The third-order valence-corrected chi connectivity index (χ3v) is 4.19. The molecule has 3 rings (SSSR count). The average Bonchev–Trinajstić information content (AvgIpc) is 2.66. The molecule has 0 atom stereocenters. The number of carbonyl (C=O) groups is 1. The lowest BCUT2D eigenvalue weighted by Gasteiger charge is -2.29. The van der Waals surface area contributed by atoms with Gasteiger partial charge in [0.25, 0.3) is 0 Å². The summed E-state index contributed by atoms with van der Waals surface area (Å²) in [6, 6.07) is 12.1. The van der Waals surface area contributed by atoms with E-state index in [1.54, 1.807) is 11.1 Å². The van der Waals surface area contributed by atoms with Crippen LogP contribution in [0.3, 0.4) is 0 Å². The third kappa shape index (κ3) is 5.58. The summed E-state index contributed by atoms with van der Waals surface area (Å²) in [7, 11) is 0. The van der Waals surface area contributed by atoms with Crippen LogP contribution < -0.4 is 4.74 Å². The minimum atomic E-state index is -0.477. The van der Waals surface area contributed by atoms with Crippen molar-refractivity contribution in [2.75, 3.05) is 13.1 Å². The van der Waals surface area contributed by atoms with Crippen LogP contribution in [0.2, 0.25) is 0 Å². The predicted molar refractivity (Wildman–Crippen MR) is 105 cm³/mol. The topological polar surface area (TPSA) is 51.7 Å². The van der Waals surface area contributed by atoms with Crippen LogP contribution in [0.5, 0.6) is 5.75 Å². The number of pyridine rings is 1. The molecule has 1 aliphatic rings. The van der Waals surface area contributed by atoms with Gasteiger partial charge in [-0.3, -0.25) is 4.98 Å². The molecule has 0 bridgehead atoms. The molecule has 1 aliphatic heterocycles. The minimum absolute atomic E-state index is 0.268. The van der Waals surface area contributed by atoms with Gasteiger partial charge in [-0.25, -0.2) is 4.79 Å². The summed E-state index contributed by atoms with van der Waals surface area (Å²) in [5.74, 6) is 0.742. The van der Waals surface area contributed by atoms with Gasteiger partial charge in [0, 0.05) is 19.3 Å². The van der Waals surface area contributed by atoms with Crippen molar-refractivity contribution in [1.29, 1.82) is 0 Å². The van der Waals surface area contributed by atoms with Crippen LogP contribution in [0.4, 0.5) is 4.79 Å². The first kappa shape index (κ1) is 19.0. The van der Waals surface area contributed by atoms with Crippen LogP contribution in [-0.4, -0.2) is 34.7 Å². The number of ether oxygens (including phenoxy) is 2. The van der Waals surface area contributed by atoms with E-state index in [1.807, 2.05) is 63.4 Å². The van der Waals surface area contributed by atoms with Crippen LogP contribution in [0, 0.1) is 0 Å². The number of nitrogens with zero attached hydrogens (tertiary/aromatic N) is 2. The van der Waals surface area contributed by atoms with Crippen molar-refractivity contribution in [1.82, 2.24) is 9.88 Å². The molecule has 0 unspecified atom stereocenters. The maximum atomic E-state index is 12.2. The first-order valence-corrected chi connectivity index (χ1v) is 9.20. The zero-order valence-electron chi connectivity index (χ0n) is 16.1. The van der Waals surface area contributed by atoms with E-state index in [0.29, 0.717) is 19.7 Å². The van der Waals surface area contributed by atoms with E-state index in [0.717, 1.165) is 23.3 Å². The van der Waals surface area contributed by atoms with Crippen LogP contribution in [-0.2, 0) is 11.3 Å². The Labute approximate surface area is 160 Å². The lowest BCUT2D eigenvalue weighted by Crippen LogP contribution is -2.39. The van der Waals surface area contributed by atoms with Crippen molar-refractivity contribution in [2.45, 2.75) is 39.4 Å². The fraction of sp³-hybridized carbons (Fsp3) is 0.364. The lowest BCUT2D eigenvalue weighted by atomic mass is 10.0. The summed E-state index contributed by atoms with van der Waals surface area (Å²) in [6.07, 6.45) is 6.12. The Morgan fingerprint density at radius 2 is 1.96 bits per heavy atom. The van der Waals surface area contributed by atoms with Gasteiger partial charge < -0.3 is 14.4 Å². The second-order valence-electron chi connectivity index (χ2n) is 7.59. The third-order valence-electron chi connectivity index (χ3n) is 4.19. The first-order chi connectivity index (χ1) is 12.9. The summed E-state index contributed by atoms with van der Waals surface area (Å²) in [6.45, 7) is 7.32. The molecule has 0 saturated carbocycles. The van der Waals surface area contributed by atoms with E-state index in [2.05, 4.69) is 11.1 Å². The van der Waals surface area contributed by atoms with Crippen LogP contribution in [0.1, 0.15) is 38.3 Å². The molecule has 27 heavy (non-hydrogen) atoms. The minimum Gasteiger partial charge on any atom is -0.487 e. The fourth-order valence-corrected chi connectivity index (χ4v) is 2.84. The monoisotopic (exact) mass is 366 g/mol. The quantitative estimate of drug-likeness (QED) is 0.788. The Bertz CT molecular complexity index is 810. The number of carbonyl (C=O) groups excluding carboxylic acids is 1. The van der Waals surface area contributed by atoms with Crippen LogP contribution >= 0.6 is 0 Å². The van der Waals surface area contributed by atoms with Crippen molar-refractivity contribution in [3.8, 4) is 5.75 Å². The van der Waals surface area contributed by atoms with E-state index >= 15 is 0 Å². The normalized spacial score (nSPS) is 14.5. The molecule has 0 spiro atoms. The Balaban J connectivity index is 1.61. The summed E-state index contributed by atoms with van der Waals surface area (Å²) in [5.41, 5.74) is 2.85.